The topological polar surface area (TPSA) is 44.2 Å². The van der Waals surface area contributed by atoms with Gasteiger partial charge in [-0.1, -0.05) is 36.4 Å². The van der Waals surface area contributed by atoms with E-state index in [2.05, 4.69) is 35.1 Å². The first-order valence-corrected chi connectivity index (χ1v) is 8.55. The zero-order valence-corrected chi connectivity index (χ0v) is 14.1. The lowest BCUT2D eigenvalue weighted by molar-refractivity contribution is 0.0862. The average Bonchev–Trinajstić information content (AvgIpc) is 2.69. The van der Waals surface area contributed by atoms with Gasteiger partial charge in [-0.3, -0.25) is 9.97 Å². The van der Waals surface area contributed by atoms with Gasteiger partial charge in [0.25, 0.3) is 0 Å². The molecule has 0 bridgehead atoms. The Morgan fingerprint density at radius 1 is 0.960 bits per heavy atom. The number of hydrogen-bond acceptors (Lipinski definition) is 4. The third-order valence-electron chi connectivity index (χ3n) is 4.37. The van der Waals surface area contributed by atoms with Crippen molar-refractivity contribution in [2.75, 3.05) is 6.61 Å². The molecule has 0 spiro atoms. The summed E-state index contributed by atoms with van der Waals surface area (Å²) in [5.41, 5.74) is 4.90. The van der Waals surface area contributed by atoms with Gasteiger partial charge in [0.1, 0.15) is 0 Å². The molecular formula is C20H19BN2O2. The second-order valence-electron chi connectivity index (χ2n) is 6.17. The van der Waals surface area contributed by atoms with E-state index in [1.807, 2.05) is 42.6 Å². The lowest BCUT2D eigenvalue weighted by Gasteiger charge is -2.26. The van der Waals surface area contributed by atoms with Gasteiger partial charge in [0.2, 0.25) is 0 Å². The van der Waals surface area contributed by atoms with E-state index in [1.54, 1.807) is 6.20 Å². The summed E-state index contributed by atoms with van der Waals surface area (Å²) in [5, 5.41) is 0. The van der Waals surface area contributed by atoms with E-state index in [0.717, 1.165) is 41.0 Å². The maximum absolute atomic E-state index is 5.97. The SMILES string of the molecule is CC1CCOB(c2ccccc2-c2ccc(-c3ccccn3)nc2)O1. The quantitative estimate of drug-likeness (QED) is 0.691. The second kappa shape index (κ2) is 7.17. The normalized spacial score (nSPS) is 17.5. The average molecular weight is 330 g/mol. The Labute approximate surface area is 148 Å². The van der Waals surface area contributed by atoms with Crippen molar-refractivity contribution in [3.8, 4) is 22.5 Å². The zero-order chi connectivity index (χ0) is 17.1. The summed E-state index contributed by atoms with van der Waals surface area (Å²) in [7, 11) is -0.324. The lowest BCUT2D eigenvalue weighted by atomic mass is 9.73. The molecule has 0 radical (unpaired) electrons. The minimum Gasteiger partial charge on any atom is -0.407 e. The number of rotatable bonds is 3. The van der Waals surface area contributed by atoms with E-state index in [4.69, 9.17) is 9.31 Å². The Balaban J connectivity index is 1.66. The molecule has 0 amide bonds. The highest BCUT2D eigenvalue weighted by Gasteiger charge is 2.30. The van der Waals surface area contributed by atoms with Crippen molar-refractivity contribution in [2.45, 2.75) is 19.4 Å². The lowest BCUT2D eigenvalue weighted by Crippen LogP contribution is -2.44. The maximum Gasteiger partial charge on any atom is 0.494 e. The van der Waals surface area contributed by atoms with Crippen molar-refractivity contribution >= 4 is 12.6 Å². The molecule has 0 saturated carbocycles. The van der Waals surface area contributed by atoms with E-state index in [-0.39, 0.29) is 13.2 Å². The predicted octanol–water partition coefficient (Wildman–Crippen LogP) is 3.33. The largest absolute Gasteiger partial charge is 0.494 e. The van der Waals surface area contributed by atoms with Gasteiger partial charge in [0, 0.05) is 25.1 Å². The number of aromatic nitrogens is 2. The molecule has 4 nitrogen and oxygen atoms in total. The monoisotopic (exact) mass is 330 g/mol. The summed E-state index contributed by atoms with van der Waals surface area (Å²) in [4.78, 5) is 8.93. The smallest absolute Gasteiger partial charge is 0.407 e. The molecule has 1 saturated heterocycles. The van der Waals surface area contributed by atoms with Crippen molar-refractivity contribution in [1.82, 2.24) is 9.97 Å². The van der Waals surface area contributed by atoms with E-state index in [9.17, 15) is 0 Å². The number of pyridine rings is 2. The van der Waals surface area contributed by atoms with Crippen LogP contribution in [0.25, 0.3) is 22.5 Å². The summed E-state index contributed by atoms with van der Waals surface area (Å²) in [6, 6.07) is 18.1. The highest BCUT2D eigenvalue weighted by Crippen LogP contribution is 2.22. The van der Waals surface area contributed by atoms with Crippen LogP contribution in [0.2, 0.25) is 0 Å². The fourth-order valence-electron chi connectivity index (χ4n) is 3.01. The van der Waals surface area contributed by atoms with E-state index >= 15 is 0 Å². The standard InChI is InChI=1S/C20H19BN2O2/c1-15-11-13-24-21(25-15)18-7-3-2-6-17(18)16-9-10-20(23-14-16)19-8-4-5-12-22-19/h2-10,12,14-15H,11,13H2,1H3. The Bertz CT molecular complexity index is 840. The molecule has 1 unspecified atom stereocenters. The number of benzene rings is 1. The van der Waals surface area contributed by atoms with Gasteiger partial charge < -0.3 is 9.31 Å². The van der Waals surface area contributed by atoms with Crippen LogP contribution in [0.4, 0.5) is 0 Å². The summed E-state index contributed by atoms with van der Waals surface area (Å²) in [6.45, 7) is 2.80. The van der Waals surface area contributed by atoms with Crippen molar-refractivity contribution in [3.05, 3.63) is 67.0 Å². The van der Waals surface area contributed by atoms with Crippen LogP contribution in [0.3, 0.4) is 0 Å². The van der Waals surface area contributed by atoms with Crippen molar-refractivity contribution in [1.29, 1.82) is 0 Å². The van der Waals surface area contributed by atoms with Crippen LogP contribution in [0.15, 0.2) is 67.0 Å². The molecule has 1 aliphatic heterocycles. The summed E-state index contributed by atoms with van der Waals surface area (Å²) in [5.74, 6) is 0. The molecule has 3 heterocycles. The molecule has 2 aromatic heterocycles. The second-order valence-corrected chi connectivity index (χ2v) is 6.17. The van der Waals surface area contributed by atoms with Crippen molar-refractivity contribution < 1.29 is 9.31 Å². The summed E-state index contributed by atoms with van der Waals surface area (Å²) >= 11 is 0. The fraction of sp³-hybridized carbons (Fsp3) is 0.200. The van der Waals surface area contributed by atoms with Crippen LogP contribution < -0.4 is 5.46 Å². The first-order chi connectivity index (χ1) is 12.3. The van der Waals surface area contributed by atoms with Gasteiger partial charge in [-0.05, 0) is 48.1 Å². The van der Waals surface area contributed by atoms with Gasteiger partial charge >= 0.3 is 7.12 Å². The molecule has 124 valence electrons. The van der Waals surface area contributed by atoms with Crippen molar-refractivity contribution in [2.24, 2.45) is 0 Å². The minimum absolute atomic E-state index is 0.205. The Hall–Kier alpha value is -2.50. The van der Waals surface area contributed by atoms with Gasteiger partial charge in [-0.15, -0.1) is 0 Å². The number of hydrogen-bond donors (Lipinski definition) is 0. The van der Waals surface area contributed by atoms with Gasteiger partial charge in [0.05, 0.1) is 11.4 Å². The molecule has 25 heavy (non-hydrogen) atoms. The predicted molar refractivity (Wildman–Crippen MR) is 99.4 cm³/mol. The van der Waals surface area contributed by atoms with Gasteiger partial charge in [0.15, 0.2) is 0 Å². The van der Waals surface area contributed by atoms with Gasteiger partial charge in [-0.2, -0.15) is 0 Å². The molecule has 3 aromatic rings. The van der Waals surface area contributed by atoms with Crippen LogP contribution in [0, 0.1) is 0 Å². The van der Waals surface area contributed by atoms with Crippen LogP contribution in [-0.2, 0) is 9.31 Å². The first-order valence-electron chi connectivity index (χ1n) is 8.55. The molecule has 1 fully saturated rings. The molecule has 0 N–H and O–H groups in total. The van der Waals surface area contributed by atoms with Crippen LogP contribution in [0.1, 0.15) is 13.3 Å². The highest BCUT2D eigenvalue weighted by molar-refractivity contribution is 6.63. The third kappa shape index (κ3) is 3.48. The fourth-order valence-corrected chi connectivity index (χ4v) is 3.01. The van der Waals surface area contributed by atoms with Crippen LogP contribution in [0.5, 0.6) is 0 Å². The number of nitrogens with zero attached hydrogens (tertiary/aromatic N) is 2. The van der Waals surface area contributed by atoms with E-state index in [0.29, 0.717) is 0 Å². The highest BCUT2D eigenvalue weighted by atomic mass is 16.6. The zero-order valence-electron chi connectivity index (χ0n) is 14.1. The molecule has 0 aliphatic carbocycles. The Morgan fingerprint density at radius 3 is 2.56 bits per heavy atom. The molecule has 1 aliphatic rings. The molecule has 4 rings (SSSR count). The minimum atomic E-state index is -0.324. The molecular weight excluding hydrogens is 311 g/mol. The van der Waals surface area contributed by atoms with Crippen LogP contribution >= 0.6 is 0 Å². The Morgan fingerprint density at radius 2 is 1.80 bits per heavy atom. The first kappa shape index (κ1) is 16.0. The summed E-state index contributed by atoms with van der Waals surface area (Å²) < 4.78 is 11.8. The Kier molecular flexibility index (Phi) is 4.59. The molecule has 1 aromatic carbocycles. The molecule has 1 atom stereocenters. The van der Waals surface area contributed by atoms with Crippen LogP contribution in [-0.4, -0.2) is 29.8 Å². The van der Waals surface area contributed by atoms with E-state index < -0.39 is 0 Å². The summed E-state index contributed by atoms with van der Waals surface area (Å²) in [6.07, 6.45) is 4.80. The van der Waals surface area contributed by atoms with Gasteiger partial charge in [-0.25, -0.2) is 0 Å². The van der Waals surface area contributed by atoms with E-state index in [1.165, 1.54) is 0 Å². The van der Waals surface area contributed by atoms with Crippen molar-refractivity contribution in [3.63, 3.8) is 0 Å². The third-order valence-corrected chi connectivity index (χ3v) is 4.37. The maximum atomic E-state index is 5.97. The molecule has 5 heteroatoms.